The molecule has 17 heavy (non-hydrogen) atoms. The largest absolute Gasteiger partial charge is 0.316 e. The van der Waals surface area contributed by atoms with E-state index < -0.39 is 17.3 Å². The van der Waals surface area contributed by atoms with Crippen LogP contribution in [0.25, 0.3) is 0 Å². The number of nitrogens with zero attached hydrogens (tertiary/aromatic N) is 2. The molecular formula is C9H7F2IN2O3. The highest BCUT2D eigenvalue weighted by Crippen LogP contribution is 2.26. The van der Waals surface area contributed by atoms with Crippen molar-refractivity contribution < 1.29 is 18.5 Å². The fraction of sp³-hybridized carbons (Fsp3) is 0.222. The standard InChI is InChI=1S/C9H7F2IN2O3/c1-13(9(15)8(10)11)5-2-3-7(14(16)17)6(12)4-5/h2-4,8H,1H3. The molecule has 0 aromatic heterocycles. The summed E-state index contributed by atoms with van der Waals surface area (Å²) >= 11 is 1.71. The van der Waals surface area contributed by atoms with Crippen LogP contribution in [0.4, 0.5) is 20.2 Å². The van der Waals surface area contributed by atoms with E-state index in [9.17, 15) is 23.7 Å². The van der Waals surface area contributed by atoms with Crippen molar-refractivity contribution in [2.45, 2.75) is 6.43 Å². The first-order valence-corrected chi connectivity index (χ1v) is 5.42. The molecule has 0 radical (unpaired) electrons. The van der Waals surface area contributed by atoms with Gasteiger partial charge in [0.05, 0.1) is 8.49 Å². The lowest BCUT2D eigenvalue weighted by atomic mass is 10.2. The summed E-state index contributed by atoms with van der Waals surface area (Å²) in [6, 6.07) is 3.73. The fourth-order valence-electron chi connectivity index (χ4n) is 1.13. The van der Waals surface area contributed by atoms with E-state index in [2.05, 4.69) is 0 Å². The molecule has 0 aliphatic heterocycles. The van der Waals surface area contributed by atoms with E-state index in [0.29, 0.717) is 0 Å². The molecule has 0 bridgehead atoms. The van der Waals surface area contributed by atoms with Crippen molar-refractivity contribution in [2.75, 3.05) is 11.9 Å². The van der Waals surface area contributed by atoms with E-state index in [-0.39, 0.29) is 14.9 Å². The van der Waals surface area contributed by atoms with Crippen LogP contribution in [-0.2, 0) is 4.79 Å². The van der Waals surface area contributed by atoms with Gasteiger partial charge in [-0.25, -0.2) is 0 Å². The Bertz CT molecular complexity index is 468. The van der Waals surface area contributed by atoms with Gasteiger partial charge in [0.25, 0.3) is 11.6 Å². The molecule has 0 fully saturated rings. The van der Waals surface area contributed by atoms with Gasteiger partial charge in [0.1, 0.15) is 0 Å². The Morgan fingerprint density at radius 1 is 1.53 bits per heavy atom. The van der Waals surface area contributed by atoms with E-state index in [4.69, 9.17) is 0 Å². The second-order valence-corrected chi connectivity index (χ2v) is 4.25. The topological polar surface area (TPSA) is 63.5 Å². The minimum atomic E-state index is -3.10. The van der Waals surface area contributed by atoms with Gasteiger partial charge in [-0.05, 0) is 34.7 Å². The van der Waals surface area contributed by atoms with Crippen LogP contribution in [0.2, 0.25) is 0 Å². The summed E-state index contributed by atoms with van der Waals surface area (Å²) in [5.41, 5.74) is 0.0533. The number of benzene rings is 1. The van der Waals surface area contributed by atoms with Crippen LogP contribution in [0.1, 0.15) is 0 Å². The van der Waals surface area contributed by atoms with Crippen molar-refractivity contribution in [3.63, 3.8) is 0 Å². The first-order chi connectivity index (χ1) is 7.84. The van der Waals surface area contributed by atoms with Crippen LogP contribution in [-0.4, -0.2) is 24.3 Å². The van der Waals surface area contributed by atoms with Gasteiger partial charge in [-0.1, -0.05) is 0 Å². The third-order valence-electron chi connectivity index (χ3n) is 2.03. The smallest absolute Gasteiger partial charge is 0.310 e. The predicted octanol–water partition coefficient (Wildman–Crippen LogP) is 2.43. The number of anilines is 1. The van der Waals surface area contributed by atoms with Crippen LogP contribution >= 0.6 is 22.6 Å². The Balaban J connectivity index is 3.05. The van der Waals surface area contributed by atoms with E-state index in [1.807, 2.05) is 0 Å². The maximum atomic E-state index is 12.2. The lowest BCUT2D eigenvalue weighted by Gasteiger charge is -2.16. The number of hydrogen-bond acceptors (Lipinski definition) is 3. The minimum absolute atomic E-state index is 0.132. The first kappa shape index (κ1) is 13.7. The average molecular weight is 356 g/mol. The van der Waals surface area contributed by atoms with Gasteiger partial charge in [0.15, 0.2) is 0 Å². The Labute approximate surface area is 109 Å². The third-order valence-corrected chi connectivity index (χ3v) is 2.90. The molecule has 0 aliphatic rings. The van der Waals surface area contributed by atoms with Crippen LogP contribution in [0.5, 0.6) is 0 Å². The highest BCUT2D eigenvalue weighted by molar-refractivity contribution is 14.1. The molecule has 0 saturated heterocycles. The van der Waals surface area contributed by atoms with Gasteiger partial charge in [0, 0.05) is 18.8 Å². The van der Waals surface area contributed by atoms with Crippen molar-refractivity contribution in [3.8, 4) is 0 Å². The second-order valence-electron chi connectivity index (χ2n) is 3.09. The lowest BCUT2D eigenvalue weighted by Crippen LogP contribution is -2.31. The lowest BCUT2D eigenvalue weighted by molar-refractivity contribution is -0.385. The van der Waals surface area contributed by atoms with Gasteiger partial charge in [0.2, 0.25) is 0 Å². The Kier molecular flexibility index (Phi) is 4.32. The van der Waals surface area contributed by atoms with Gasteiger partial charge in [-0.2, -0.15) is 8.78 Å². The third kappa shape index (κ3) is 3.08. The number of carbonyl (C=O) groups is 1. The summed E-state index contributed by atoms with van der Waals surface area (Å²) in [5.74, 6) is -1.35. The van der Waals surface area contributed by atoms with Crippen molar-refractivity contribution in [3.05, 3.63) is 31.9 Å². The molecule has 92 valence electrons. The van der Waals surface area contributed by atoms with Crippen LogP contribution in [0, 0.1) is 13.7 Å². The van der Waals surface area contributed by atoms with Gasteiger partial charge in [-0.3, -0.25) is 14.9 Å². The Morgan fingerprint density at radius 2 is 2.12 bits per heavy atom. The van der Waals surface area contributed by atoms with Crippen molar-refractivity contribution in [1.29, 1.82) is 0 Å². The van der Waals surface area contributed by atoms with E-state index in [0.717, 1.165) is 4.90 Å². The normalized spacial score (nSPS) is 10.4. The zero-order chi connectivity index (χ0) is 13.2. The fourth-order valence-corrected chi connectivity index (χ4v) is 1.82. The number of nitro benzene ring substituents is 1. The van der Waals surface area contributed by atoms with Gasteiger partial charge < -0.3 is 4.90 Å². The molecule has 0 aliphatic carbocycles. The van der Waals surface area contributed by atoms with Crippen LogP contribution in [0.3, 0.4) is 0 Å². The number of rotatable bonds is 3. The summed E-state index contributed by atoms with van der Waals surface area (Å²) in [6.45, 7) is 0. The summed E-state index contributed by atoms with van der Waals surface area (Å²) in [6.07, 6.45) is -3.10. The quantitative estimate of drug-likeness (QED) is 0.475. The molecule has 0 spiro atoms. The summed E-state index contributed by atoms with van der Waals surface area (Å²) in [5, 5.41) is 10.5. The number of alkyl halides is 2. The second kappa shape index (κ2) is 5.34. The van der Waals surface area contributed by atoms with E-state index >= 15 is 0 Å². The number of carbonyl (C=O) groups excluding carboxylic acids is 1. The highest BCUT2D eigenvalue weighted by atomic mass is 127. The monoisotopic (exact) mass is 356 g/mol. The zero-order valence-electron chi connectivity index (χ0n) is 8.56. The summed E-state index contributed by atoms with van der Waals surface area (Å²) < 4.78 is 24.6. The van der Waals surface area contributed by atoms with E-state index in [1.54, 1.807) is 22.6 Å². The SMILES string of the molecule is CN(C(=O)C(F)F)c1ccc([N+](=O)[O-])c(I)c1. The first-order valence-electron chi connectivity index (χ1n) is 4.34. The molecular weight excluding hydrogens is 349 g/mol. The number of halogens is 3. The van der Waals surface area contributed by atoms with Crippen molar-refractivity contribution >= 4 is 39.9 Å². The average Bonchev–Trinajstić information content (AvgIpc) is 2.26. The van der Waals surface area contributed by atoms with Gasteiger partial charge in [-0.15, -0.1) is 0 Å². The molecule has 0 N–H and O–H groups in total. The molecule has 8 heteroatoms. The van der Waals surface area contributed by atoms with E-state index in [1.165, 1.54) is 25.2 Å². The molecule has 0 atom stereocenters. The van der Waals surface area contributed by atoms with Crippen molar-refractivity contribution in [2.24, 2.45) is 0 Å². The number of hydrogen-bond donors (Lipinski definition) is 0. The predicted molar refractivity (Wildman–Crippen MR) is 65.2 cm³/mol. The maximum absolute atomic E-state index is 12.2. The zero-order valence-corrected chi connectivity index (χ0v) is 10.7. The van der Waals surface area contributed by atoms with Crippen molar-refractivity contribution in [1.82, 2.24) is 0 Å². The Morgan fingerprint density at radius 3 is 2.53 bits per heavy atom. The Hall–Kier alpha value is -1.32. The highest BCUT2D eigenvalue weighted by Gasteiger charge is 2.22. The molecule has 0 saturated carbocycles. The molecule has 5 nitrogen and oxygen atoms in total. The summed E-state index contributed by atoms with van der Waals surface area (Å²) in [7, 11) is 1.19. The maximum Gasteiger partial charge on any atom is 0.316 e. The van der Waals surface area contributed by atoms with Crippen LogP contribution in [0.15, 0.2) is 18.2 Å². The molecule has 1 rings (SSSR count). The molecule has 1 aromatic carbocycles. The van der Waals surface area contributed by atoms with Gasteiger partial charge >= 0.3 is 6.43 Å². The molecule has 0 heterocycles. The number of nitro groups is 1. The molecule has 0 unspecified atom stereocenters. The number of amides is 1. The van der Waals surface area contributed by atoms with Crippen LogP contribution < -0.4 is 4.90 Å². The summed E-state index contributed by atoms with van der Waals surface area (Å²) in [4.78, 5) is 21.7. The molecule has 1 amide bonds. The molecule has 1 aromatic rings. The minimum Gasteiger partial charge on any atom is -0.310 e.